The molecule has 1 aliphatic rings. The Morgan fingerprint density at radius 3 is 2.58 bits per heavy atom. The molecule has 3 aromatic rings. The molecule has 1 fully saturated rings. The van der Waals surface area contributed by atoms with Gasteiger partial charge in [0.25, 0.3) is 15.9 Å². The van der Waals surface area contributed by atoms with Crippen LogP contribution in [0.2, 0.25) is 0 Å². The first-order chi connectivity index (χ1) is 18.1. The van der Waals surface area contributed by atoms with Crippen LogP contribution in [-0.4, -0.2) is 56.5 Å². The van der Waals surface area contributed by atoms with Gasteiger partial charge in [0, 0.05) is 44.1 Å². The molecule has 38 heavy (non-hydrogen) atoms. The van der Waals surface area contributed by atoms with Gasteiger partial charge in [-0.15, -0.1) is 0 Å². The molecule has 0 spiro atoms. The maximum atomic E-state index is 13.2. The number of carbonyl (C=O) groups is 1. The van der Waals surface area contributed by atoms with E-state index in [2.05, 4.69) is 62.7 Å². The maximum absolute atomic E-state index is 13.2. The normalized spacial score (nSPS) is 16.7. The van der Waals surface area contributed by atoms with E-state index in [9.17, 15) is 13.2 Å². The van der Waals surface area contributed by atoms with Crippen LogP contribution in [0.25, 0.3) is 0 Å². The smallest absolute Gasteiger partial charge is 0.281 e. The first kappa shape index (κ1) is 27.4. The van der Waals surface area contributed by atoms with Crippen LogP contribution in [0.5, 0.6) is 0 Å². The van der Waals surface area contributed by atoms with Crippen LogP contribution in [0.3, 0.4) is 0 Å². The molecule has 1 atom stereocenters. The molecule has 9 nitrogen and oxygen atoms in total. The Bertz CT molecular complexity index is 1360. The molecule has 4 rings (SSSR count). The molecule has 0 aliphatic carbocycles. The first-order valence-corrected chi connectivity index (χ1v) is 14.3. The molecule has 10 heteroatoms. The lowest BCUT2D eigenvalue weighted by molar-refractivity contribution is 0.0981. The van der Waals surface area contributed by atoms with Crippen molar-refractivity contribution in [1.29, 1.82) is 0 Å². The summed E-state index contributed by atoms with van der Waals surface area (Å²) in [5, 5.41) is 2.95. The number of carbonyl (C=O) groups excluding carboxylic acids is 1. The highest BCUT2D eigenvalue weighted by atomic mass is 32.2. The van der Waals surface area contributed by atoms with Crippen LogP contribution >= 0.6 is 0 Å². The summed E-state index contributed by atoms with van der Waals surface area (Å²) in [6.45, 7) is 8.57. The minimum atomic E-state index is -4.20. The highest BCUT2D eigenvalue weighted by Gasteiger charge is 2.40. The van der Waals surface area contributed by atoms with Crippen molar-refractivity contribution < 1.29 is 13.2 Å². The zero-order chi connectivity index (χ0) is 27.3. The van der Waals surface area contributed by atoms with Crippen molar-refractivity contribution in [2.75, 3.05) is 41.8 Å². The second-order valence-electron chi connectivity index (χ2n) is 10.2. The molecule has 0 saturated carbocycles. The predicted octanol–water partition coefficient (Wildman–Crippen LogP) is 4.16. The Hall–Kier alpha value is -3.66. The third kappa shape index (κ3) is 6.07. The van der Waals surface area contributed by atoms with E-state index >= 15 is 0 Å². The second kappa shape index (κ2) is 11.4. The lowest BCUT2D eigenvalue weighted by Gasteiger charge is -2.36. The number of sulfonamides is 1. The van der Waals surface area contributed by atoms with Gasteiger partial charge in [-0.1, -0.05) is 31.2 Å². The number of aromatic nitrogens is 2. The van der Waals surface area contributed by atoms with Crippen LogP contribution in [0.1, 0.15) is 44.0 Å². The van der Waals surface area contributed by atoms with Gasteiger partial charge in [0.05, 0.1) is 5.56 Å². The number of para-hydroxylation sites is 1. The largest absolute Gasteiger partial charge is 0.375 e. The van der Waals surface area contributed by atoms with E-state index in [1.807, 2.05) is 25.2 Å². The van der Waals surface area contributed by atoms with Gasteiger partial charge in [-0.05, 0) is 69.0 Å². The van der Waals surface area contributed by atoms with Crippen molar-refractivity contribution in [3.05, 3.63) is 72.4 Å². The zero-order valence-corrected chi connectivity index (χ0v) is 23.2. The van der Waals surface area contributed by atoms with E-state index in [1.165, 1.54) is 6.07 Å². The van der Waals surface area contributed by atoms with Crippen molar-refractivity contribution >= 4 is 33.3 Å². The third-order valence-electron chi connectivity index (χ3n) is 7.37. The molecule has 0 radical (unpaired) electrons. The Morgan fingerprint density at radius 1 is 1.11 bits per heavy atom. The Balaban J connectivity index is 1.40. The van der Waals surface area contributed by atoms with Gasteiger partial charge in [0.1, 0.15) is 11.6 Å². The molecule has 2 aromatic heterocycles. The van der Waals surface area contributed by atoms with E-state index < -0.39 is 15.9 Å². The number of rotatable bonds is 10. The summed E-state index contributed by atoms with van der Waals surface area (Å²) in [5.41, 5.74) is 1.14. The van der Waals surface area contributed by atoms with Gasteiger partial charge in [-0.3, -0.25) is 4.79 Å². The van der Waals surface area contributed by atoms with Crippen LogP contribution < -0.4 is 19.8 Å². The van der Waals surface area contributed by atoms with Crippen molar-refractivity contribution in [1.82, 2.24) is 14.7 Å². The summed E-state index contributed by atoms with van der Waals surface area (Å²) < 4.78 is 28.4. The highest BCUT2D eigenvalue weighted by molar-refractivity contribution is 7.90. The van der Waals surface area contributed by atoms with Gasteiger partial charge >= 0.3 is 0 Å². The molecule has 1 unspecified atom stereocenters. The monoisotopic (exact) mass is 536 g/mol. The number of anilines is 3. The molecule has 0 bridgehead atoms. The van der Waals surface area contributed by atoms with Gasteiger partial charge in [-0.2, -0.15) is 8.42 Å². The summed E-state index contributed by atoms with van der Waals surface area (Å²) in [7, 11) is -2.17. The third-order valence-corrected chi connectivity index (χ3v) is 8.61. The number of hydrogen-bond donors (Lipinski definition) is 2. The molecule has 1 aliphatic heterocycles. The van der Waals surface area contributed by atoms with E-state index in [4.69, 9.17) is 0 Å². The fraction of sp³-hybridized carbons (Fsp3) is 0.393. The molecule has 1 aromatic carbocycles. The molecular weight excluding hydrogens is 500 g/mol. The van der Waals surface area contributed by atoms with Crippen LogP contribution in [0.15, 0.2) is 71.9 Å². The van der Waals surface area contributed by atoms with Crippen molar-refractivity contribution in [2.45, 2.75) is 44.2 Å². The summed E-state index contributed by atoms with van der Waals surface area (Å²) >= 11 is 0. The summed E-state index contributed by atoms with van der Waals surface area (Å²) in [6, 6.07) is 18.0. The predicted molar refractivity (Wildman–Crippen MR) is 151 cm³/mol. The molecule has 2 N–H and O–H groups in total. The fourth-order valence-corrected chi connectivity index (χ4v) is 5.57. The van der Waals surface area contributed by atoms with E-state index in [0.29, 0.717) is 24.1 Å². The topological polar surface area (TPSA) is 108 Å². The number of benzene rings is 1. The SMILES string of the molecule is CC1CCN(c2ncccc2C(=O)NS(=O)(=O)c2cccc(NCCCN(C)c3ccccc3)n2)C1(C)C. The summed E-state index contributed by atoms with van der Waals surface area (Å²) in [6.07, 6.45) is 3.42. The van der Waals surface area contributed by atoms with Crippen LogP contribution in [0, 0.1) is 5.92 Å². The Kier molecular flexibility index (Phi) is 8.20. The fourth-order valence-electron chi connectivity index (χ4n) is 4.63. The van der Waals surface area contributed by atoms with Gasteiger partial charge in [0.2, 0.25) is 0 Å². The number of hydrogen-bond acceptors (Lipinski definition) is 8. The first-order valence-electron chi connectivity index (χ1n) is 12.9. The van der Waals surface area contributed by atoms with Crippen LogP contribution in [0.4, 0.5) is 17.3 Å². The number of nitrogens with one attached hydrogen (secondary N) is 2. The van der Waals surface area contributed by atoms with Gasteiger partial charge < -0.3 is 15.1 Å². The summed E-state index contributed by atoms with van der Waals surface area (Å²) in [4.78, 5) is 26.1. The van der Waals surface area contributed by atoms with Gasteiger partial charge in [0.15, 0.2) is 5.03 Å². The van der Waals surface area contributed by atoms with Gasteiger partial charge in [-0.25, -0.2) is 14.7 Å². The number of amides is 1. The van der Waals surface area contributed by atoms with Crippen molar-refractivity contribution in [3.63, 3.8) is 0 Å². The lowest BCUT2D eigenvalue weighted by atomic mass is 9.90. The minimum absolute atomic E-state index is 0.209. The Morgan fingerprint density at radius 2 is 1.87 bits per heavy atom. The lowest BCUT2D eigenvalue weighted by Crippen LogP contribution is -2.43. The average molecular weight is 537 g/mol. The molecule has 3 heterocycles. The average Bonchev–Trinajstić information content (AvgIpc) is 3.18. The quantitative estimate of drug-likeness (QED) is 0.372. The molecular formula is C28H36N6O3S. The molecule has 1 saturated heterocycles. The van der Waals surface area contributed by atoms with E-state index in [1.54, 1.807) is 30.5 Å². The number of nitrogens with zero attached hydrogens (tertiary/aromatic N) is 4. The summed E-state index contributed by atoms with van der Waals surface area (Å²) in [5.74, 6) is 0.589. The number of pyridine rings is 2. The van der Waals surface area contributed by atoms with E-state index in [-0.39, 0.29) is 16.1 Å². The maximum Gasteiger partial charge on any atom is 0.281 e. The van der Waals surface area contributed by atoms with Crippen molar-refractivity contribution in [2.24, 2.45) is 5.92 Å². The van der Waals surface area contributed by atoms with Crippen molar-refractivity contribution in [3.8, 4) is 0 Å². The standard InChI is InChI=1S/C28H36N6O3S/c1-21-16-20-34(28(21,2)3)26-23(13-9-17-30-26)27(35)32-38(36,37)25-15-8-14-24(31-25)29-18-10-19-33(4)22-11-6-5-7-12-22/h5-9,11-15,17,21H,10,16,18-20H2,1-4H3,(H,29,31)(H,32,35). The highest BCUT2D eigenvalue weighted by Crippen LogP contribution is 2.38. The minimum Gasteiger partial charge on any atom is -0.375 e. The second-order valence-corrected chi connectivity index (χ2v) is 11.8. The zero-order valence-electron chi connectivity index (χ0n) is 22.4. The van der Waals surface area contributed by atoms with Crippen LogP contribution in [-0.2, 0) is 10.0 Å². The molecule has 1 amide bonds. The van der Waals surface area contributed by atoms with E-state index in [0.717, 1.165) is 31.6 Å². The molecule has 202 valence electrons. The Labute approximate surface area is 225 Å².